The van der Waals surface area contributed by atoms with Crippen molar-refractivity contribution in [2.45, 2.75) is 0 Å². The largest absolute Gasteiger partial charge is 0.324 e. The third-order valence-electron chi connectivity index (χ3n) is 3.46. The summed E-state index contributed by atoms with van der Waals surface area (Å²) in [6, 6.07) is 17.8. The maximum atomic E-state index is 12.1. The molecule has 0 spiro atoms. The molecule has 0 amide bonds. The van der Waals surface area contributed by atoms with E-state index in [9.17, 15) is 4.79 Å². The van der Waals surface area contributed by atoms with E-state index in [2.05, 4.69) is 26.6 Å². The predicted octanol–water partition coefficient (Wildman–Crippen LogP) is 3.79. The van der Waals surface area contributed by atoms with E-state index in [1.165, 1.54) is 11.3 Å². The first kappa shape index (κ1) is 13.7. The monoisotopic (exact) mass is 320 g/mol. The van der Waals surface area contributed by atoms with Crippen molar-refractivity contribution in [3.05, 3.63) is 70.3 Å². The van der Waals surface area contributed by atoms with Gasteiger partial charge in [0.25, 0.3) is 5.56 Å². The van der Waals surface area contributed by atoms with Crippen LogP contribution >= 0.6 is 11.3 Å². The molecule has 0 aliphatic rings. The number of nitrogens with one attached hydrogen (secondary N) is 2. The summed E-state index contributed by atoms with van der Waals surface area (Å²) in [5, 5.41) is 15.4. The zero-order valence-electron chi connectivity index (χ0n) is 12.0. The molecular formula is C17H12N4OS. The number of benzene rings is 2. The van der Waals surface area contributed by atoms with Gasteiger partial charge in [0.15, 0.2) is 5.69 Å². The smallest absolute Gasteiger partial charge is 0.280 e. The molecule has 0 aliphatic carbocycles. The van der Waals surface area contributed by atoms with Gasteiger partial charge < -0.3 is 5.32 Å². The number of fused-ring (bicyclic) bond motifs is 1. The van der Waals surface area contributed by atoms with Gasteiger partial charge in [-0.15, -0.1) is 21.5 Å². The average molecular weight is 320 g/mol. The van der Waals surface area contributed by atoms with E-state index in [-0.39, 0.29) is 5.56 Å². The molecule has 2 heterocycles. The third kappa shape index (κ3) is 2.72. The maximum absolute atomic E-state index is 12.1. The molecule has 0 unspecified atom stereocenters. The van der Waals surface area contributed by atoms with E-state index in [0.29, 0.717) is 11.6 Å². The van der Waals surface area contributed by atoms with Crippen LogP contribution in [-0.4, -0.2) is 15.2 Å². The fourth-order valence-electron chi connectivity index (χ4n) is 2.37. The lowest BCUT2D eigenvalue weighted by atomic mass is 10.1. The highest BCUT2D eigenvalue weighted by molar-refractivity contribution is 7.13. The molecule has 0 saturated carbocycles. The number of nitrogens with zero attached hydrogens (tertiary/aromatic N) is 2. The van der Waals surface area contributed by atoms with E-state index in [1.807, 2.05) is 53.9 Å². The van der Waals surface area contributed by atoms with Gasteiger partial charge in [0.05, 0.1) is 4.88 Å². The van der Waals surface area contributed by atoms with Crippen LogP contribution in [0.15, 0.2) is 64.8 Å². The van der Waals surface area contributed by atoms with Crippen LogP contribution in [0.2, 0.25) is 0 Å². The summed E-state index contributed by atoms with van der Waals surface area (Å²) in [4.78, 5) is 15.7. The van der Waals surface area contributed by atoms with Crippen molar-refractivity contribution in [3.8, 4) is 10.6 Å². The average Bonchev–Trinajstić information content (AvgIpc) is 3.09. The Morgan fingerprint density at radius 2 is 1.83 bits per heavy atom. The first-order chi connectivity index (χ1) is 11.3. The fraction of sp³-hybridized carbons (Fsp3) is 0. The van der Waals surface area contributed by atoms with Crippen LogP contribution in [0.4, 0.5) is 11.6 Å². The normalized spacial score (nSPS) is 10.8. The van der Waals surface area contributed by atoms with Crippen molar-refractivity contribution in [2.24, 2.45) is 0 Å². The molecule has 23 heavy (non-hydrogen) atoms. The van der Waals surface area contributed by atoms with E-state index in [4.69, 9.17) is 0 Å². The zero-order chi connectivity index (χ0) is 15.6. The number of H-pyrrole nitrogens is 1. The van der Waals surface area contributed by atoms with Gasteiger partial charge in [-0.2, -0.15) is 0 Å². The van der Waals surface area contributed by atoms with Crippen molar-refractivity contribution in [1.82, 2.24) is 15.2 Å². The molecule has 4 aromatic rings. The Hall–Kier alpha value is -2.99. The lowest BCUT2D eigenvalue weighted by molar-refractivity contribution is 0.964. The van der Waals surface area contributed by atoms with Crippen molar-refractivity contribution >= 4 is 33.7 Å². The van der Waals surface area contributed by atoms with Crippen LogP contribution in [0.3, 0.4) is 0 Å². The summed E-state index contributed by atoms with van der Waals surface area (Å²) in [6.07, 6.45) is 0. The maximum Gasteiger partial charge on any atom is 0.280 e. The molecular weight excluding hydrogens is 308 g/mol. The van der Waals surface area contributed by atoms with Crippen LogP contribution in [0.1, 0.15) is 0 Å². The molecule has 2 aromatic carbocycles. The second-order valence-corrected chi connectivity index (χ2v) is 5.96. The molecule has 0 saturated heterocycles. The molecule has 2 N–H and O–H groups in total. The zero-order valence-corrected chi connectivity index (χ0v) is 12.8. The Kier molecular flexibility index (Phi) is 3.36. The van der Waals surface area contributed by atoms with Gasteiger partial charge in [-0.1, -0.05) is 36.4 Å². The molecule has 6 heteroatoms. The summed E-state index contributed by atoms with van der Waals surface area (Å²) in [7, 11) is 0. The minimum Gasteiger partial charge on any atom is -0.324 e. The predicted molar refractivity (Wildman–Crippen MR) is 93.2 cm³/mol. The molecule has 4 rings (SSSR count). The summed E-state index contributed by atoms with van der Waals surface area (Å²) in [5.41, 5.74) is 0.923. The van der Waals surface area contributed by atoms with Crippen LogP contribution in [-0.2, 0) is 0 Å². The van der Waals surface area contributed by atoms with Gasteiger partial charge in [-0.25, -0.2) is 0 Å². The Labute approximate surface area is 135 Å². The lowest BCUT2D eigenvalue weighted by Gasteiger charge is -2.06. The fourth-order valence-corrected chi connectivity index (χ4v) is 3.08. The van der Waals surface area contributed by atoms with Gasteiger partial charge in [0.1, 0.15) is 0 Å². The first-order valence-electron chi connectivity index (χ1n) is 7.06. The van der Waals surface area contributed by atoms with E-state index in [1.54, 1.807) is 0 Å². The summed E-state index contributed by atoms with van der Waals surface area (Å²) in [5.74, 6) is 0.325. The van der Waals surface area contributed by atoms with Gasteiger partial charge in [-0.05, 0) is 34.4 Å². The highest BCUT2D eigenvalue weighted by Crippen LogP contribution is 2.21. The van der Waals surface area contributed by atoms with Gasteiger partial charge in [0, 0.05) is 5.69 Å². The SMILES string of the molecule is O=c1[nH]c(Nc2ccc3ccccc3c2)nnc1-c1cccs1. The Balaban J connectivity index is 1.65. The second kappa shape index (κ2) is 5.66. The van der Waals surface area contributed by atoms with Crippen molar-refractivity contribution in [2.75, 3.05) is 5.32 Å². The summed E-state index contributed by atoms with van der Waals surface area (Å²) < 4.78 is 0. The second-order valence-electron chi connectivity index (χ2n) is 5.02. The number of hydrogen-bond donors (Lipinski definition) is 2. The van der Waals surface area contributed by atoms with E-state index in [0.717, 1.165) is 21.3 Å². The minimum atomic E-state index is -0.259. The number of rotatable bonds is 3. The molecule has 0 bridgehead atoms. The number of hydrogen-bond acceptors (Lipinski definition) is 5. The highest BCUT2D eigenvalue weighted by atomic mass is 32.1. The molecule has 0 fully saturated rings. The van der Waals surface area contributed by atoms with Gasteiger partial charge >= 0.3 is 0 Å². The minimum absolute atomic E-state index is 0.259. The van der Waals surface area contributed by atoms with Crippen molar-refractivity contribution in [1.29, 1.82) is 0 Å². The molecule has 2 aromatic heterocycles. The molecule has 0 atom stereocenters. The Bertz CT molecular complexity index is 1020. The summed E-state index contributed by atoms with van der Waals surface area (Å²) >= 11 is 1.46. The van der Waals surface area contributed by atoms with E-state index < -0.39 is 0 Å². The summed E-state index contributed by atoms with van der Waals surface area (Å²) in [6.45, 7) is 0. The van der Waals surface area contributed by atoms with Crippen LogP contribution in [0, 0.1) is 0 Å². The van der Waals surface area contributed by atoms with Gasteiger partial charge in [0.2, 0.25) is 5.95 Å². The van der Waals surface area contributed by atoms with Gasteiger partial charge in [-0.3, -0.25) is 9.78 Å². The Morgan fingerprint density at radius 3 is 2.61 bits per heavy atom. The number of aromatic amines is 1. The lowest BCUT2D eigenvalue weighted by Crippen LogP contribution is -2.15. The standard InChI is InChI=1S/C17H12N4OS/c22-16-15(14-6-3-9-23-14)20-21-17(19-16)18-13-8-7-11-4-1-2-5-12(11)10-13/h1-10H,(H2,18,19,21,22). The van der Waals surface area contributed by atoms with Crippen molar-refractivity contribution < 1.29 is 0 Å². The number of aromatic nitrogens is 3. The number of thiophene rings is 1. The first-order valence-corrected chi connectivity index (χ1v) is 7.94. The van der Waals surface area contributed by atoms with Crippen LogP contribution < -0.4 is 10.9 Å². The number of anilines is 2. The third-order valence-corrected chi connectivity index (χ3v) is 4.34. The topological polar surface area (TPSA) is 70.7 Å². The molecule has 0 aliphatic heterocycles. The molecule has 112 valence electrons. The highest BCUT2D eigenvalue weighted by Gasteiger charge is 2.08. The van der Waals surface area contributed by atoms with Crippen LogP contribution in [0.25, 0.3) is 21.3 Å². The van der Waals surface area contributed by atoms with Crippen LogP contribution in [0.5, 0.6) is 0 Å². The Morgan fingerprint density at radius 1 is 0.957 bits per heavy atom. The molecule has 0 radical (unpaired) electrons. The van der Waals surface area contributed by atoms with Crippen molar-refractivity contribution in [3.63, 3.8) is 0 Å². The quantitative estimate of drug-likeness (QED) is 0.602. The van der Waals surface area contributed by atoms with E-state index >= 15 is 0 Å². The molecule has 5 nitrogen and oxygen atoms in total.